The van der Waals surface area contributed by atoms with E-state index in [0.717, 1.165) is 57.8 Å². The lowest BCUT2D eigenvalue weighted by molar-refractivity contribution is 0.282. The van der Waals surface area contributed by atoms with Gasteiger partial charge in [-0.3, -0.25) is 0 Å². The quantitative estimate of drug-likeness (QED) is 0.186. The summed E-state index contributed by atoms with van der Waals surface area (Å²) in [6, 6.07) is 4.06. The number of aliphatic hydroxyl groups is 1. The number of aryl methyl sites for hydroxylation is 1. The zero-order valence-corrected chi connectivity index (χ0v) is 18.7. The van der Waals surface area contributed by atoms with Crippen LogP contribution in [0, 0.1) is 5.53 Å². The zero-order valence-electron chi connectivity index (χ0n) is 18.7. The Bertz CT molecular complexity index is 514. The highest BCUT2D eigenvalue weighted by atomic mass is 16.5. The molecule has 0 aliphatic carbocycles. The van der Waals surface area contributed by atoms with E-state index in [9.17, 15) is 0 Å². The summed E-state index contributed by atoms with van der Waals surface area (Å²) in [6.07, 6.45) is 14.3. The first-order valence-corrected chi connectivity index (χ1v) is 11.7. The van der Waals surface area contributed by atoms with Crippen LogP contribution in [-0.2, 0) is 6.42 Å². The summed E-state index contributed by atoms with van der Waals surface area (Å²) in [5.74, 6) is 1.35. The average molecular weight is 407 g/mol. The van der Waals surface area contributed by atoms with Crippen molar-refractivity contribution in [3.8, 4) is 11.5 Å². The van der Waals surface area contributed by atoms with Crippen LogP contribution in [0.15, 0.2) is 17.2 Å². The first kappa shape index (κ1) is 25.4. The summed E-state index contributed by atoms with van der Waals surface area (Å²) in [4.78, 5) is 0. The standard InChI is InChI=1S/C24H42N2O3/c1-3-5-7-13-17-28-22-19-21(15-11-9-10-12-16-27)20-23(24(22)26-25)29-18-14-8-6-4-2/h19-20,25,27H,3-18H2,1-2H3. The van der Waals surface area contributed by atoms with E-state index in [0.29, 0.717) is 30.4 Å². The Morgan fingerprint density at radius 3 is 1.76 bits per heavy atom. The summed E-state index contributed by atoms with van der Waals surface area (Å²) >= 11 is 0. The number of nitrogens with zero attached hydrogens (tertiary/aromatic N) is 1. The summed E-state index contributed by atoms with van der Waals surface area (Å²) in [5.41, 5.74) is 9.33. The van der Waals surface area contributed by atoms with Crippen LogP contribution in [0.5, 0.6) is 11.5 Å². The van der Waals surface area contributed by atoms with Gasteiger partial charge in [0.1, 0.15) is 0 Å². The van der Waals surface area contributed by atoms with Crippen molar-refractivity contribution in [2.24, 2.45) is 5.11 Å². The maximum atomic E-state index is 8.92. The number of benzene rings is 1. The number of unbranched alkanes of at least 4 members (excludes halogenated alkanes) is 9. The number of rotatable bonds is 19. The number of aliphatic hydroxyl groups excluding tert-OH is 1. The number of hydrogen-bond acceptors (Lipinski definition) is 5. The third kappa shape index (κ3) is 11.2. The van der Waals surface area contributed by atoms with Gasteiger partial charge in [-0.05, 0) is 49.8 Å². The van der Waals surface area contributed by atoms with Crippen LogP contribution in [-0.4, -0.2) is 24.9 Å². The van der Waals surface area contributed by atoms with Crippen LogP contribution in [0.4, 0.5) is 5.69 Å². The minimum absolute atomic E-state index is 0.270. The molecule has 0 amide bonds. The average Bonchev–Trinajstić information content (AvgIpc) is 2.73. The second kappa shape index (κ2) is 17.3. The fraction of sp³-hybridized carbons (Fsp3) is 0.750. The van der Waals surface area contributed by atoms with Crippen LogP contribution in [0.1, 0.15) is 96.5 Å². The first-order chi connectivity index (χ1) is 14.3. The van der Waals surface area contributed by atoms with Crippen molar-refractivity contribution in [3.63, 3.8) is 0 Å². The molecule has 0 radical (unpaired) electrons. The lowest BCUT2D eigenvalue weighted by Crippen LogP contribution is -2.02. The molecule has 1 aromatic rings. The fourth-order valence-electron chi connectivity index (χ4n) is 3.33. The Morgan fingerprint density at radius 1 is 0.759 bits per heavy atom. The maximum Gasteiger partial charge on any atom is 0.169 e. The predicted octanol–water partition coefficient (Wildman–Crippen LogP) is 7.36. The smallest absolute Gasteiger partial charge is 0.169 e. The van der Waals surface area contributed by atoms with E-state index in [2.05, 4.69) is 19.0 Å². The third-order valence-corrected chi connectivity index (χ3v) is 5.10. The van der Waals surface area contributed by atoms with Crippen molar-refractivity contribution in [2.45, 2.75) is 97.3 Å². The summed E-state index contributed by atoms with van der Waals surface area (Å²) in [6.45, 7) is 5.97. The van der Waals surface area contributed by atoms with E-state index in [1.807, 2.05) is 12.1 Å². The molecular formula is C24H42N2O3. The van der Waals surface area contributed by atoms with Crippen molar-refractivity contribution < 1.29 is 14.6 Å². The molecule has 0 fully saturated rings. The van der Waals surface area contributed by atoms with Gasteiger partial charge in [-0.25, -0.2) is 5.53 Å². The second-order valence-electron chi connectivity index (χ2n) is 7.76. The van der Waals surface area contributed by atoms with Gasteiger partial charge in [-0.1, -0.05) is 65.2 Å². The second-order valence-corrected chi connectivity index (χ2v) is 7.76. The van der Waals surface area contributed by atoms with Crippen LogP contribution in [0.3, 0.4) is 0 Å². The Kier molecular flexibility index (Phi) is 15.1. The maximum absolute atomic E-state index is 8.92. The summed E-state index contributed by atoms with van der Waals surface area (Å²) in [7, 11) is 0. The first-order valence-electron chi connectivity index (χ1n) is 11.7. The predicted molar refractivity (Wildman–Crippen MR) is 120 cm³/mol. The molecule has 5 heteroatoms. The molecule has 0 atom stereocenters. The van der Waals surface area contributed by atoms with Gasteiger partial charge in [0.15, 0.2) is 17.2 Å². The fourth-order valence-corrected chi connectivity index (χ4v) is 3.33. The van der Waals surface area contributed by atoms with Crippen molar-refractivity contribution >= 4 is 5.69 Å². The highest BCUT2D eigenvalue weighted by Crippen LogP contribution is 2.39. The molecule has 0 bridgehead atoms. The van der Waals surface area contributed by atoms with Gasteiger partial charge in [0.05, 0.1) is 13.2 Å². The SMILES string of the molecule is CCCCCCOc1cc(CCCCCCO)cc(OCCCCCC)c1N=N. The Hall–Kier alpha value is -1.62. The molecular weight excluding hydrogens is 364 g/mol. The Balaban J connectivity index is 2.77. The van der Waals surface area contributed by atoms with Gasteiger partial charge in [-0.2, -0.15) is 5.11 Å². The van der Waals surface area contributed by atoms with Crippen molar-refractivity contribution in [3.05, 3.63) is 17.7 Å². The Labute approximate surface area is 177 Å². The largest absolute Gasteiger partial charge is 0.491 e. The molecule has 0 heterocycles. The van der Waals surface area contributed by atoms with E-state index < -0.39 is 0 Å². The molecule has 0 aliphatic rings. The zero-order chi connectivity index (χ0) is 21.2. The van der Waals surface area contributed by atoms with E-state index in [1.54, 1.807) is 0 Å². The molecule has 166 valence electrons. The molecule has 29 heavy (non-hydrogen) atoms. The molecule has 2 N–H and O–H groups in total. The van der Waals surface area contributed by atoms with Gasteiger partial charge >= 0.3 is 0 Å². The summed E-state index contributed by atoms with van der Waals surface area (Å²) < 4.78 is 12.0. The van der Waals surface area contributed by atoms with Crippen molar-refractivity contribution in [1.82, 2.24) is 0 Å². The van der Waals surface area contributed by atoms with E-state index in [-0.39, 0.29) is 6.61 Å². The van der Waals surface area contributed by atoms with Gasteiger partial charge in [-0.15, -0.1) is 0 Å². The van der Waals surface area contributed by atoms with Crippen molar-refractivity contribution in [2.75, 3.05) is 19.8 Å². The normalized spacial score (nSPS) is 10.9. The number of ether oxygens (including phenoxy) is 2. The molecule has 1 aromatic carbocycles. The molecule has 0 aliphatic heterocycles. The monoisotopic (exact) mass is 406 g/mol. The number of nitrogens with one attached hydrogen (secondary N) is 1. The molecule has 0 saturated carbocycles. The van der Waals surface area contributed by atoms with Crippen LogP contribution in [0.25, 0.3) is 0 Å². The third-order valence-electron chi connectivity index (χ3n) is 5.10. The molecule has 0 aromatic heterocycles. The molecule has 0 spiro atoms. The van der Waals surface area contributed by atoms with Gasteiger partial charge in [0.2, 0.25) is 0 Å². The van der Waals surface area contributed by atoms with Crippen LogP contribution >= 0.6 is 0 Å². The van der Waals surface area contributed by atoms with E-state index in [4.69, 9.17) is 20.1 Å². The van der Waals surface area contributed by atoms with Crippen LogP contribution in [0.2, 0.25) is 0 Å². The van der Waals surface area contributed by atoms with Crippen molar-refractivity contribution in [1.29, 1.82) is 5.53 Å². The van der Waals surface area contributed by atoms with Gasteiger partial charge < -0.3 is 14.6 Å². The lowest BCUT2D eigenvalue weighted by atomic mass is 10.0. The van der Waals surface area contributed by atoms with Gasteiger partial charge in [0.25, 0.3) is 0 Å². The lowest BCUT2D eigenvalue weighted by Gasteiger charge is -2.15. The minimum Gasteiger partial charge on any atom is -0.491 e. The highest BCUT2D eigenvalue weighted by Gasteiger charge is 2.14. The van der Waals surface area contributed by atoms with Gasteiger partial charge in [0, 0.05) is 6.61 Å². The Morgan fingerprint density at radius 2 is 1.28 bits per heavy atom. The minimum atomic E-state index is 0.270. The topological polar surface area (TPSA) is 74.9 Å². The molecule has 0 saturated heterocycles. The molecule has 1 rings (SSSR count). The number of hydrogen-bond donors (Lipinski definition) is 2. The molecule has 0 unspecified atom stereocenters. The van der Waals surface area contributed by atoms with E-state index in [1.165, 1.54) is 31.2 Å². The summed E-state index contributed by atoms with van der Waals surface area (Å²) in [5, 5.41) is 12.7. The highest BCUT2D eigenvalue weighted by molar-refractivity contribution is 5.63. The van der Waals surface area contributed by atoms with E-state index >= 15 is 0 Å². The van der Waals surface area contributed by atoms with Crippen LogP contribution < -0.4 is 9.47 Å². The molecule has 5 nitrogen and oxygen atoms in total.